The van der Waals surface area contributed by atoms with Crippen molar-refractivity contribution in [2.75, 3.05) is 29.9 Å². The lowest BCUT2D eigenvalue weighted by atomic mass is 10.0. The summed E-state index contributed by atoms with van der Waals surface area (Å²) in [5.74, 6) is 2.07. The molecule has 1 saturated heterocycles. The monoisotopic (exact) mass is 453 g/mol. The Morgan fingerprint density at radius 2 is 2.03 bits per heavy atom. The largest absolute Gasteiger partial charge is 0.481 e. The quantitative estimate of drug-likeness (QED) is 0.572. The van der Waals surface area contributed by atoms with Crippen LogP contribution in [0.3, 0.4) is 0 Å². The Labute approximate surface area is 179 Å². The summed E-state index contributed by atoms with van der Waals surface area (Å²) in [6.45, 7) is 4.27. The molecule has 6 heteroatoms. The van der Waals surface area contributed by atoms with Crippen LogP contribution in [0, 0.1) is 5.92 Å². The summed E-state index contributed by atoms with van der Waals surface area (Å²) in [6.07, 6.45) is 2.46. The minimum absolute atomic E-state index is 0.0676. The van der Waals surface area contributed by atoms with Crippen molar-refractivity contribution >= 4 is 44.2 Å². The van der Waals surface area contributed by atoms with Crippen molar-refractivity contribution in [1.29, 1.82) is 0 Å². The molecule has 1 unspecified atom stereocenters. The molecule has 2 heterocycles. The zero-order valence-corrected chi connectivity index (χ0v) is 18.0. The van der Waals surface area contributed by atoms with Gasteiger partial charge in [0.25, 0.3) is 5.91 Å². The first kappa shape index (κ1) is 19.7. The van der Waals surface area contributed by atoms with Crippen molar-refractivity contribution in [3.05, 3.63) is 59.1 Å². The lowest BCUT2D eigenvalue weighted by Gasteiger charge is -2.32. The van der Waals surface area contributed by atoms with Gasteiger partial charge in [-0.1, -0.05) is 35.0 Å². The second-order valence-electron chi connectivity index (χ2n) is 7.53. The molecule has 1 amide bonds. The normalized spacial score (nSPS) is 16.6. The number of hydrogen-bond acceptors (Lipinski definition) is 4. The molecule has 1 aromatic heterocycles. The third-order valence-electron chi connectivity index (χ3n) is 5.14. The SMILES string of the molecule is CC1CCCN(c2ccc3cccc(OCC(=O)Nc4ccc(Br)cc4)c3n2)C1. The Bertz CT molecular complexity index is 1010. The molecule has 1 aliphatic rings. The number of fused-ring (bicyclic) bond motifs is 1. The Morgan fingerprint density at radius 3 is 2.83 bits per heavy atom. The van der Waals surface area contributed by atoms with Gasteiger partial charge in [0.15, 0.2) is 6.61 Å². The summed E-state index contributed by atoms with van der Waals surface area (Å²) >= 11 is 3.39. The fourth-order valence-electron chi connectivity index (χ4n) is 3.67. The van der Waals surface area contributed by atoms with Crippen LogP contribution in [0.5, 0.6) is 5.75 Å². The Balaban J connectivity index is 1.48. The average molecular weight is 454 g/mol. The molecule has 1 aliphatic heterocycles. The highest BCUT2D eigenvalue weighted by Crippen LogP contribution is 2.28. The van der Waals surface area contributed by atoms with Crippen LogP contribution in [0.15, 0.2) is 59.1 Å². The molecule has 1 atom stereocenters. The molecule has 1 fully saturated rings. The van der Waals surface area contributed by atoms with E-state index >= 15 is 0 Å². The number of carbonyl (C=O) groups is 1. The van der Waals surface area contributed by atoms with Crippen molar-refractivity contribution in [3.8, 4) is 5.75 Å². The van der Waals surface area contributed by atoms with Gasteiger partial charge in [-0.3, -0.25) is 4.79 Å². The van der Waals surface area contributed by atoms with Crippen LogP contribution in [0.25, 0.3) is 10.9 Å². The van der Waals surface area contributed by atoms with Crippen molar-refractivity contribution in [3.63, 3.8) is 0 Å². The van der Waals surface area contributed by atoms with Crippen LogP contribution in [-0.2, 0) is 4.79 Å². The van der Waals surface area contributed by atoms with E-state index in [1.54, 1.807) is 0 Å². The second-order valence-corrected chi connectivity index (χ2v) is 8.45. The number of piperidine rings is 1. The molecule has 0 saturated carbocycles. The molecule has 0 aliphatic carbocycles. The maximum absolute atomic E-state index is 12.3. The van der Waals surface area contributed by atoms with Crippen molar-refractivity contribution in [2.45, 2.75) is 19.8 Å². The Kier molecular flexibility index (Phi) is 6.00. The van der Waals surface area contributed by atoms with E-state index in [1.165, 1.54) is 12.8 Å². The topological polar surface area (TPSA) is 54.5 Å². The van der Waals surface area contributed by atoms with E-state index in [0.717, 1.165) is 40.0 Å². The lowest BCUT2D eigenvalue weighted by Crippen LogP contribution is -2.34. The molecule has 29 heavy (non-hydrogen) atoms. The van der Waals surface area contributed by atoms with Crippen LogP contribution in [-0.4, -0.2) is 30.6 Å². The number of rotatable bonds is 5. The molecule has 2 aromatic carbocycles. The molecule has 0 radical (unpaired) electrons. The van der Waals surface area contributed by atoms with E-state index in [9.17, 15) is 4.79 Å². The third kappa shape index (κ3) is 4.88. The molecule has 0 spiro atoms. The Hall–Kier alpha value is -2.60. The van der Waals surface area contributed by atoms with Crippen LogP contribution < -0.4 is 15.0 Å². The summed E-state index contributed by atoms with van der Waals surface area (Å²) in [7, 11) is 0. The number of hydrogen-bond donors (Lipinski definition) is 1. The first-order valence-corrected chi connectivity index (χ1v) is 10.7. The number of amides is 1. The number of pyridine rings is 1. The Morgan fingerprint density at radius 1 is 1.21 bits per heavy atom. The fraction of sp³-hybridized carbons (Fsp3) is 0.304. The van der Waals surface area contributed by atoms with E-state index in [0.29, 0.717) is 11.7 Å². The zero-order chi connectivity index (χ0) is 20.2. The van der Waals surface area contributed by atoms with Crippen LogP contribution >= 0.6 is 15.9 Å². The number of anilines is 2. The molecule has 0 bridgehead atoms. The van der Waals surface area contributed by atoms with Crippen LogP contribution in [0.1, 0.15) is 19.8 Å². The van der Waals surface area contributed by atoms with Crippen molar-refractivity contribution < 1.29 is 9.53 Å². The molecule has 5 nitrogen and oxygen atoms in total. The van der Waals surface area contributed by atoms with Crippen molar-refractivity contribution in [2.24, 2.45) is 5.92 Å². The van der Waals surface area contributed by atoms with Gasteiger partial charge in [-0.15, -0.1) is 0 Å². The van der Waals surface area contributed by atoms with Gasteiger partial charge in [-0.05, 0) is 61.2 Å². The van der Waals surface area contributed by atoms with E-state index in [1.807, 2.05) is 42.5 Å². The maximum Gasteiger partial charge on any atom is 0.262 e. The number of halogens is 1. The lowest BCUT2D eigenvalue weighted by molar-refractivity contribution is -0.118. The van der Waals surface area contributed by atoms with Crippen LogP contribution in [0.4, 0.5) is 11.5 Å². The van der Waals surface area contributed by atoms with Crippen molar-refractivity contribution in [1.82, 2.24) is 4.98 Å². The number of ether oxygens (including phenoxy) is 1. The first-order chi connectivity index (χ1) is 14.1. The van der Waals surface area contributed by atoms with Crippen LogP contribution in [0.2, 0.25) is 0 Å². The number of aromatic nitrogens is 1. The summed E-state index contributed by atoms with van der Waals surface area (Å²) in [4.78, 5) is 19.5. The number of nitrogens with zero attached hydrogens (tertiary/aromatic N) is 2. The predicted molar refractivity (Wildman–Crippen MR) is 121 cm³/mol. The zero-order valence-electron chi connectivity index (χ0n) is 16.4. The third-order valence-corrected chi connectivity index (χ3v) is 5.66. The summed E-state index contributed by atoms with van der Waals surface area (Å²) < 4.78 is 6.80. The van der Waals surface area contributed by atoms with E-state index in [2.05, 4.69) is 45.2 Å². The standard InChI is InChI=1S/C23H24BrN3O2/c1-16-4-3-13-27(14-16)21-12-7-17-5-2-6-20(23(17)26-21)29-15-22(28)25-19-10-8-18(24)9-11-19/h2,5-12,16H,3-4,13-15H2,1H3,(H,25,28). The summed E-state index contributed by atoms with van der Waals surface area (Å²) in [5, 5.41) is 3.85. The predicted octanol–water partition coefficient (Wildman–Crippen LogP) is 5.25. The van der Waals surface area contributed by atoms with Gasteiger partial charge in [-0.25, -0.2) is 4.98 Å². The van der Waals surface area contributed by atoms with Gasteiger partial charge in [-0.2, -0.15) is 0 Å². The van der Waals surface area contributed by atoms with E-state index in [4.69, 9.17) is 9.72 Å². The number of benzene rings is 2. The summed E-state index contributed by atoms with van der Waals surface area (Å²) in [5.41, 5.74) is 1.53. The minimum atomic E-state index is -0.203. The number of nitrogens with one attached hydrogen (secondary N) is 1. The molecule has 150 valence electrons. The minimum Gasteiger partial charge on any atom is -0.481 e. The molecule has 3 aromatic rings. The van der Waals surface area contributed by atoms with E-state index in [-0.39, 0.29) is 12.5 Å². The van der Waals surface area contributed by atoms with Gasteiger partial charge in [0, 0.05) is 28.6 Å². The summed E-state index contributed by atoms with van der Waals surface area (Å²) in [6, 6.07) is 17.4. The number of para-hydroxylation sites is 1. The van der Waals surface area contributed by atoms with Gasteiger partial charge in [0.1, 0.15) is 17.1 Å². The van der Waals surface area contributed by atoms with Gasteiger partial charge in [0.2, 0.25) is 0 Å². The second kappa shape index (κ2) is 8.82. The highest BCUT2D eigenvalue weighted by molar-refractivity contribution is 9.10. The number of carbonyl (C=O) groups excluding carboxylic acids is 1. The van der Waals surface area contributed by atoms with E-state index < -0.39 is 0 Å². The van der Waals surface area contributed by atoms with Gasteiger partial charge >= 0.3 is 0 Å². The highest BCUT2D eigenvalue weighted by Gasteiger charge is 2.18. The van der Waals surface area contributed by atoms with Gasteiger partial charge < -0.3 is 15.0 Å². The molecule has 1 N–H and O–H groups in total. The maximum atomic E-state index is 12.3. The van der Waals surface area contributed by atoms with Gasteiger partial charge in [0.05, 0.1) is 0 Å². The molecular weight excluding hydrogens is 430 g/mol. The highest BCUT2D eigenvalue weighted by atomic mass is 79.9. The smallest absolute Gasteiger partial charge is 0.262 e. The first-order valence-electron chi connectivity index (χ1n) is 9.91. The average Bonchev–Trinajstić information content (AvgIpc) is 2.73. The molecule has 4 rings (SSSR count). The molecular formula is C23H24BrN3O2. The fourth-order valence-corrected chi connectivity index (χ4v) is 3.94.